The zero-order valence-corrected chi connectivity index (χ0v) is 19.2. The number of carbonyl (C=O) groups is 1. The number of rotatable bonds is 7. The molecule has 3 rings (SSSR count). The molecular formula is C20H32Cl3N3O3. The molecule has 2 aliphatic heterocycles. The second kappa shape index (κ2) is 13.0. The smallest absolute Gasteiger partial charge is 0.228 e. The fourth-order valence-corrected chi connectivity index (χ4v) is 4.25. The maximum Gasteiger partial charge on any atom is 0.228 e. The summed E-state index contributed by atoms with van der Waals surface area (Å²) in [5.74, 6) is 0.0890. The average molecular weight is 469 g/mol. The number of piperidine rings is 1. The lowest BCUT2D eigenvalue weighted by Crippen LogP contribution is -2.52. The van der Waals surface area contributed by atoms with Crippen molar-refractivity contribution in [2.45, 2.75) is 18.9 Å². The van der Waals surface area contributed by atoms with E-state index in [2.05, 4.69) is 21.6 Å². The van der Waals surface area contributed by atoms with Crippen LogP contribution in [0.1, 0.15) is 24.4 Å². The third-order valence-electron chi connectivity index (χ3n) is 5.64. The number of benzene rings is 1. The molecule has 2 aliphatic rings. The van der Waals surface area contributed by atoms with Crippen LogP contribution in [-0.2, 0) is 14.3 Å². The number of nitrogens with zero attached hydrogens (tertiary/aromatic N) is 1. The SMILES string of the molecule is COCC1(C(=O)NCC(c2cccc(Cl)c2)N2CCOCC2)CCNCC1.Cl.Cl. The number of ether oxygens (including phenoxy) is 2. The van der Waals surface area contributed by atoms with Gasteiger partial charge in [-0.15, -0.1) is 24.8 Å². The van der Waals surface area contributed by atoms with Crippen molar-refractivity contribution in [3.05, 3.63) is 34.9 Å². The molecule has 2 heterocycles. The first-order valence-electron chi connectivity index (χ1n) is 9.70. The Morgan fingerprint density at radius 1 is 1.31 bits per heavy atom. The Bertz CT molecular complexity index is 618. The highest BCUT2D eigenvalue weighted by Gasteiger charge is 2.40. The molecule has 2 N–H and O–H groups in total. The molecule has 6 nitrogen and oxygen atoms in total. The number of hydrogen-bond donors (Lipinski definition) is 2. The van der Waals surface area contributed by atoms with Crippen LogP contribution in [0.4, 0.5) is 0 Å². The van der Waals surface area contributed by atoms with Crippen LogP contribution in [0.3, 0.4) is 0 Å². The van der Waals surface area contributed by atoms with Gasteiger partial charge < -0.3 is 20.1 Å². The van der Waals surface area contributed by atoms with Crippen molar-refractivity contribution >= 4 is 42.3 Å². The van der Waals surface area contributed by atoms with Crippen molar-refractivity contribution in [2.75, 3.05) is 59.7 Å². The first kappa shape index (κ1) is 26.4. The Morgan fingerprint density at radius 2 is 2.00 bits per heavy atom. The van der Waals surface area contributed by atoms with Gasteiger partial charge in [0.2, 0.25) is 5.91 Å². The Labute approximate surface area is 190 Å². The lowest BCUT2D eigenvalue weighted by molar-refractivity contribution is -0.136. The van der Waals surface area contributed by atoms with Crippen LogP contribution in [0.15, 0.2) is 24.3 Å². The molecule has 1 aromatic carbocycles. The second-order valence-corrected chi connectivity index (χ2v) is 7.83. The van der Waals surface area contributed by atoms with E-state index in [9.17, 15) is 4.79 Å². The molecule has 2 fully saturated rings. The van der Waals surface area contributed by atoms with Crippen molar-refractivity contribution in [1.29, 1.82) is 0 Å². The summed E-state index contributed by atoms with van der Waals surface area (Å²) in [4.78, 5) is 15.5. The molecule has 0 aromatic heterocycles. The van der Waals surface area contributed by atoms with Gasteiger partial charge in [0.15, 0.2) is 0 Å². The predicted molar refractivity (Wildman–Crippen MR) is 121 cm³/mol. The Balaban J connectivity index is 0.00000210. The third kappa shape index (κ3) is 6.96. The number of amides is 1. The Kier molecular flexibility index (Phi) is 11.8. The molecule has 0 aliphatic carbocycles. The van der Waals surface area contributed by atoms with Crippen LogP contribution in [0, 0.1) is 5.41 Å². The summed E-state index contributed by atoms with van der Waals surface area (Å²) in [7, 11) is 1.67. The zero-order valence-electron chi connectivity index (χ0n) is 16.8. The molecule has 1 atom stereocenters. The van der Waals surface area contributed by atoms with E-state index in [4.69, 9.17) is 21.1 Å². The van der Waals surface area contributed by atoms with Crippen molar-refractivity contribution < 1.29 is 14.3 Å². The molecule has 1 aromatic rings. The zero-order chi connectivity index (χ0) is 19.1. The van der Waals surface area contributed by atoms with Gasteiger partial charge in [-0.05, 0) is 43.6 Å². The van der Waals surface area contributed by atoms with Gasteiger partial charge in [-0.2, -0.15) is 0 Å². The van der Waals surface area contributed by atoms with E-state index < -0.39 is 5.41 Å². The molecule has 2 saturated heterocycles. The Hall–Kier alpha value is -0.600. The molecule has 1 unspecified atom stereocenters. The maximum absolute atomic E-state index is 13.1. The van der Waals surface area contributed by atoms with Gasteiger partial charge in [-0.25, -0.2) is 0 Å². The minimum atomic E-state index is -0.441. The lowest BCUT2D eigenvalue weighted by atomic mass is 9.78. The Morgan fingerprint density at radius 3 is 2.62 bits per heavy atom. The summed E-state index contributed by atoms with van der Waals surface area (Å²) in [5, 5.41) is 7.26. The van der Waals surface area contributed by atoms with Crippen molar-refractivity contribution in [1.82, 2.24) is 15.5 Å². The van der Waals surface area contributed by atoms with E-state index >= 15 is 0 Å². The van der Waals surface area contributed by atoms with E-state index in [0.717, 1.165) is 44.6 Å². The number of nitrogens with one attached hydrogen (secondary N) is 2. The minimum Gasteiger partial charge on any atom is -0.384 e. The second-order valence-electron chi connectivity index (χ2n) is 7.39. The first-order valence-corrected chi connectivity index (χ1v) is 10.1. The van der Waals surface area contributed by atoms with Crippen LogP contribution in [0.5, 0.6) is 0 Å². The van der Waals surface area contributed by atoms with E-state index in [-0.39, 0.29) is 36.8 Å². The number of halogens is 3. The van der Waals surface area contributed by atoms with E-state index in [1.54, 1.807) is 7.11 Å². The number of carbonyl (C=O) groups excluding carboxylic acids is 1. The third-order valence-corrected chi connectivity index (χ3v) is 5.87. The highest BCUT2D eigenvalue weighted by atomic mass is 35.5. The normalized spacial score (nSPS) is 20.1. The van der Waals surface area contributed by atoms with Crippen LogP contribution in [0.2, 0.25) is 5.02 Å². The van der Waals surface area contributed by atoms with Gasteiger partial charge >= 0.3 is 0 Å². The van der Waals surface area contributed by atoms with Crippen LogP contribution in [-0.4, -0.2) is 70.5 Å². The minimum absolute atomic E-state index is 0. The lowest BCUT2D eigenvalue weighted by Gasteiger charge is -2.38. The standard InChI is InChI=1S/C20H30ClN3O3.2ClH/c1-26-15-20(5-7-22-8-6-20)19(25)23-14-18(24-9-11-27-12-10-24)16-3-2-4-17(21)13-16;;/h2-4,13,18,22H,5-12,14-15H2,1H3,(H,23,25);2*1H. The molecule has 9 heteroatoms. The summed E-state index contributed by atoms with van der Waals surface area (Å²) in [6.07, 6.45) is 1.60. The first-order chi connectivity index (χ1) is 13.1. The molecule has 29 heavy (non-hydrogen) atoms. The summed E-state index contributed by atoms with van der Waals surface area (Å²) in [5.41, 5.74) is 0.681. The van der Waals surface area contributed by atoms with E-state index in [0.29, 0.717) is 31.4 Å². The van der Waals surface area contributed by atoms with Gasteiger partial charge in [0, 0.05) is 31.8 Å². The average Bonchev–Trinajstić information content (AvgIpc) is 2.70. The number of methoxy groups -OCH3 is 1. The predicted octanol–water partition coefficient (Wildman–Crippen LogP) is 2.69. The number of hydrogen-bond acceptors (Lipinski definition) is 5. The summed E-state index contributed by atoms with van der Waals surface area (Å²) < 4.78 is 10.9. The molecule has 166 valence electrons. The molecule has 0 bridgehead atoms. The van der Waals surface area contributed by atoms with Crippen LogP contribution < -0.4 is 10.6 Å². The van der Waals surface area contributed by atoms with E-state index in [1.165, 1.54) is 0 Å². The summed E-state index contributed by atoms with van der Waals surface area (Å²) in [6.45, 7) is 5.82. The highest BCUT2D eigenvalue weighted by molar-refractivity contribution is 6.30. The quantitative estimate of drug-likeness (QED) is 0.644. The van der Waals surface area contributed by atoms with Crippen LogP contribution >= 0.6 is 36.4 Å². The van der Waals surface area contributed by atoms with Crippen molar-refractivity contribution in [3.63, 3.8) is 0 Å². The highest BCUT2D eigenvalue weighted by Crippen LogP contribution is 2.30. The fourth-order valence-electron chi connectivity index (χ4n) is 4.06. The number of morpholine rings is 1. The monoisotopic (exact) mass is 467 g/mol. The summed E-state index contributed by atoms with van der Waals surface area (Å²) in [6, 6.07) is 7.99. The molecule has 1 amide bonds. The van der Waals surface area contributed by atoms with Crippen molar-refractivity contribution in [3.8, 4) is 0 Å². The largest absolute Gasteiger partial charge is 0.384 e. The molecule has 0 radical (unpaired) electrons. The van der Waals surface area contributed by atoms with Gasteiger partial charge in [0.1, 0.15) is 0 Å². The van der Waals surface area contributed by atoms with Gasteiger partial charge in [0.25, 0.3) is 0 Å². The molecule has 0 saturated carbocycles. The van der Waals surface area contributed by atoms with Crippen LogP contribution in [0.25, 0.3) is 0 Å². The maximum atomic E-state index is 13.1. The van der Waals surface area contributed by atoms with Crippen molar-refractivity contribution in [2.24, 2.45) is 5.41 Å². The fraction of sp³-hybridized carbons (Fsp3) is 0.650. The van der Waals surface area contributed by atoms with Gasteiger partial charge in [-0.3, -0.25) is 9.69 Å². The van der Waals surface area contributed by atoms with Gasteiger partial charge in [-0.1, -0.05) is 23.7 Å². The topological polar surface area (TPSA) is 62.8 Å². The molecule has 0 spiro atoms. The molecular weight excluding hydrogens is 437 g/mol. The summed E-state index contributed by atoms with van der Waals surface area (Å²) >= 11 is 6.22. The van der Waals surface area contributed by atoms with E-state index in [1.807, 2.05) is 18.2 Å². The van der Waals surface area contributed by atoms with Gasteiger partial charge in [0.05, 0.1) is 31.3 Å².